The Morgan fingerprint density at radius 1 is 0.529 bits per heavy atom. The summed E-state index contributed by atoms with van der Waals surface area (Å²) < 4.78 is 18.4. The Bertz CT molecular complexity index is 5930. The van der Waals surface area contributed by atoms with Crippen LogP contribution in [0.15, 0.2) is 178 Å². The van der Waals surface area contributed by atoms with E-state index in [1.807, 2.05) is 126 Å². The Morgan fingerprint density at radius 3 is 1.64 bits per heavy atom. The summed E-state index contributed by atoms with van der Waals surface area (Å²) in [5.41, 5.74) is 32.9. The molecule has 608 valence electrons. The van der Waals surface area contributed by atoms with Crippen LogP contribution in [0.5, 0.6) is 17.2 Å². The van der Waals surface area contributed by atoms with E-state index in [1.54, 1.807) is 121 Å². The Labute approximate surface area is 705 Å². The zero-order chi connectivity index (χ0) is 85.6. The van der Waals surface area contributed by atoms with Crippen LogP contribution >= 0.6 is 34.0 Å². The van der Waals surface area contributed by atoms with Crippen molar-refractivity contribution in [2.24, 2.45) is 54.7 Å². The predicted octanol–water partition coefficient (Wildman–Crippen LogP) is 12.9. The van der Waals surface area contributed by atoms with Crippen LogP contribution in [0, 0.1) is 59.7 Å². The number of hydrogen-bond acceptors (Lipinski definition) is 23. The fraction of sp³-hybridized carbons (Fsp3) is 0.308. The van der Waals surface area contributed by atoms with Crippen molar-refractivity contribution in [3.05, 3.63) is 217 Å². The number of nitrogens with zero attached hydrogens (tertiary/aromatic N) is 14. The highest BCUT2D eigenvalue weighted by atomic mass is 32.1. The Morgan fingerprint density at radius 2 is 1.07 bits per heavy atom. The van der Waals surface area contributed by atoms with Gasteiger partial charge in [0.25, 0.3) is 0 Å². The number of pyridine rings is 3. The fourth-order valence-corrected chi connectivity index (χ4v) is 18.0. The topological polar surface area (TPSA) is 332 Å². The minimum absolute atomic E-state index is 0.0421. The minimum atomic E-state index is -0.977. The number of thiazole rings is 1. The van der Waals surface area contributed by atoms with Gasteiger partial charge in [0.1, 0.15) is 27.2 Å². The number of likely N-dealkylation sites (N-methyl/N-ethyl adjacent to an activating group) is 2. The Hall–Kier alpha value is -13.3. The maximum Gasteiger partial charge on any atom is 0.239 e. The van der Waals surface area contributed by atoms with Gasteiger partial charge >= 0.3 is 0 Å². The SMILES string of the molecule is C#Cc1cncc(-c2cnc([C@]3(C)CC(=O)N(C)C(N)=N3)s2)c1.CC#Cc1cccc(-n2cc([C@@]3(C)N=C(N)N(C)C(=O)[C@H]3C3CC3)cn2)c1.CC#Cc1cncc(-c2ccc([C@@]3(C)N=C(N)N(C)C(=O)C3c3ccc(C(C)C)cc3)s2)c1.CC#Cc1cncc(-c2csc([C@@]3(C)N=C(N)N(C)C(=O)C3c3cc(OC)c(OC)c(OC)c3)c2)c1. The van der Waals surface area contributed by atoms with Crippen molar-refractivity contribution in [3.63, 3.8) is 0 Å². The van der Waals surface area contributed by atoms with Gasteiger partial charge in [0.2, 0.25) is 29.4 Å². The monoisotopic (exact) mass is 1650 g/mol. The lowest BCUT2D eigenvalue weighted by molar-refractivity contribution is -0.135. The molecule has 0 spiro atoms. The van der Waals surface area contributed by atoms with Crippen molar-refractivity contribution in [3.8, 4) is 103 Å². The summed E-state index contributed by atoms with van der Waals surface area (Å²) in [7, 11) is 11.2. The van der Waals surface area contributed by atoms with E-state index in [9.17, 15) is 19.2 Å². The molecule has 119 heavy (non-hydrogen) atoms. The molecular formula is C91H94N18O7S3. The average Bonchev–Trinajstić information content (AvgIpc) is 1.72. The minimum Gasteiger partial charge on any atom is -0.493 e. The van der Waals surface area contributed by atoms with Gasteiger partial charge in [-0.1, -0.05) is 67.9 Å². The normalized spacial score (nSPS) is 21.2. The summed E-state index contributed by atoms with van der Waals surface area (Å²) in [6.45, 7) is 17.5. The first-order valence-electron chi connectivity index (χ1n) is 38.2. The summed E-state index contributed by atoms with van der Waals surface area (Å²) in [4.78, 5) is 97.8. The number of terminal acetylenes is 1. The predicted molar refractivity (Wildman–Crippen MR) is 470 cm³/mol. The molecule has 10 aromatic rings. The molecule has 8 N–H and O–H groups in total. The lowest BCUT2D eigenvalue weighted by atomic mass is 9.76. The van der Waals surface area contributed by atoms with Crippen LogP contribution in [0.2, 0.25) is 0 Å². The van der Waals surface area contributed by atoms with E-state index in [-0.39, 0.29) is 59.8 Å². The number of thiophene rings is 2. The number of methoxy groups -OCH3 is 3. The molecule has 1 aliphatic carbocycles. The van der Waals surface area contributed by atoms with E-state index in [1.165, 1.54) is 54.9 Å². The Balaban J connectivity index is 0.000000147. The highest BCUT2D eigenvalue weighted by Crippen LogP contribution is 2.53. The quantitative estimate of drug-likeness (QED) is 0.0693. The molecule has 7 atom stereocenters. The smallest absolute Gasteiger partial charge is 0.239 e. The van der Waals surface area contributed by atoms with Crippen LogP contribution < -0.4 is 37.1 Å². The van der Waals surface area contributed by atoms with Gasteiger partial charge in [-0.25, -0.2) is 29.6 Å². The van der Waals surface area contributed by atoms with Crippen LogP contribution in [-0.4, -0.2) is 146 Å². The van der Waals surface area contributed by atoms with Crippen molar-refractivity contribution in [2.75, 3.05) is 49.5 Å². The number of aromatic nitrogens is 6. The van der Waals surface area contributed by atoms with Crippen molar-refractivity contribution in [1.82, 2.24) is 49.3 Å². The number of rotatable bonds is 15. The molecule has 11 heterocycles. The van der Waals surface area contributed by atoms with E-state index in [2.05, 4.69) is 104 Å². The second-order valence-corrected chi connectivity index (χ2v) is 33.2. The molecule has 0 radical (unpaired) electrons. The molecule has 3 aromatic carbocycles. The molecule has 5 aliphatic rings. The third-order valence-electron chi connectivity index (χ3n) is 21.7. The summed E-state index contributed by atoms with van der Waals surface area (Å²) in [6, 6.07) is 31.8. The largest absolute Gasteiger partial charge is 0.493 e. The van der Waals surface area contributed by atoms with Gasteiger partial charge in [-0.2, -0.15) is 5.10 Å². The zero-order valence-corrected chi connectivity index (χ0v) is 71.7. The van der Waals surface area contributed by atoms with Gasteiger partial charge in [-0.15, -0.1) is 58.2 Å². The first kappa shape index (κ1) is 85.1. The van der Waals surface area contributed by atoms with Crippen LogP contribution in [-0.2, 0) is 41.3 Å². The number of amides is 4. The first-order chi connectivity index (χ1) is 56.9. The first-order valence-corrected chi connectivity index (χ1v) is 40.7. The molecule has 25 nitrogen and oxygen atoms in total. The lowest BCUT2D eigenvalue weighted by Gasteiger charge is -2.40. The summed E-state index contributed by atoms with van der Waals surface area (Å²) >= 11 is 4.59. The van der Waals surface area contributed by atoms with Crippen molar-refractivity contribution in [1.29, 1.82) is 0 Å². The van der Waals surface area contributed by atoms with Gasteiger partial charge in [-0.05, 0) is 168 Å². The highest BCUT2D eigenvalue weighted by molar-refractivity contribution is 7.16. The molecule has 7 aromatic heterocycles. The van der Waals surface area contributed by atoms with Crippen LogP contribution in [0.25, 0.3) is 37.7 Å². The van der Waals surface area contributed by atoms with E-state index in [4.69, 9.17) is 58.5 Å². The standard InChI is InChI=1S/C27H28N4O4S.C27H28N4OS.C21H23N5O.C16H15N5OS/c1-7-8-16-9-18(14-29-13-16)19-12-22(36-15-19)27(2)23(25(32)31(3)26(28)30-27)17-10-20(33-4)24(35-6)21(11-17)34-5;1-6-7-18-14-21(16-29-15-18)22-12-13-23(33-22)27(4)24(25(32)31(5)26(28)30-27)20-10-8-19(9-11-20)17(2)3;1-4-6-14-7-5-8-17(11-14)26-13-16(12-23-26)21(2)18(15-9-10-15)19(27)25(3)20(22)24-21;1-4-10-5-11(8-18-7-10)12-9-19-14(23-12)16(2)6-13(22)21(3)15(17)20-16/h9-15,23H,1-6H3,(H2,28,30);8-17,24H,1-5H3,(H2,28,30);5,7-8,11-13,15,18H,9-10H2,1-3H3,(H2,22,24);1,5,7-9H,6H2,2-3H3,(H2,17,20)/t23?,27-;24?,27-;18-,21-;16-/m1110/s1. The van der Waals surface area contributed by atoms with E-state index in [0.717, 1.165) is 93.1 Å². The summed E-state index contributed by atoms with van der Waals surface area (Å²) in [5.74, 6) is 21.8. The Kier molecular flexibility index (Phi) is 25.2. The lowest BCUT2D eigenvalue weighted by Crippen LogP contribution is -2.54. The number of nitrogens with two attached hydrogens (primary N) is 4. The van der Waals surface area contributed by atoms with Gasteiger partial charge in [0.05, 0.1) is 62.3 Å². The maximum atomic E-state index is 13.7. The molecule has 4 amide bonds. The third kappa shape index (κ3) is 17.4. The van der Waals surface area contributed by atoms with Crippen molar-refractivity contribution >= 4 is 81.5 Å². The number of guanidine groups is 4. The molecule has 28 heteroatoms. The number of carbonyl (C=O) groups is 4. The maximum absolute atomic E-state index is 13.7. The van der Waals surface area contributed by atoms with E-state index in [0.29, 0.717) is 40.2 Å². The molecule has 1 saturated carbocycles. The molecule has 0 saturated heterocycles. The summed E-state index contributed by atoms with van der Waals surface area (Å²) in [6.07, 6.45) is 23.7. The van der Waals surface area contributed by atoms with Gasteiger partial charge in [-0.3, -0.25) is 53.7 Å². The van der Waals surface area contributed by atoms with Crippen molar-refractivity contribution < 1.29 is 33.4 Å². The number of ether oxygens (including phenoxy) is 3. The molecule has 4 aliphatic heterocycles. The van der Waals surface area contributed by atoms with Crippen LogP contribution in [0.1, 0.15) is 159 Å². The number of benzene rings is 3. The number of hydrogen-bond donors (Lipinski definition) is 4. The highest BCUT2D eigenvalue weighted by Gasteiger charge is 2.54. The fourth-order valence-electron chi connectivity index (χ4n) is 14.9. The molecular weight excluding hydrogens is 1550 g/mol. The average molecular weight is 1650 g/mol. The second kappa shape index (κ2) is 35.3. The number of aliphatic imine (C=N–C) groups is 4. The van der Waals surface area contributed by atoms with E-state index < -0.39 is 34.0 Å². The zero-order valence-electron chi connectivity index (χ0n) is 69.2. The second-order valence-electron chi connectivity index (χ2n) is 30.2. The molecule has 2 unspecified atom stereocenters. The van der Waals surface area contributed by atoms with E-state index >= 15 is 0 Å². The van der Waals surface area contributed by atoms with Crippen molar-refractivity contribution in [2.45, 2.75) is 121 Å². The van der Waals surface area contributed by atoms with Gasteiger partial charge < -0.3 is 37.1 Å². The van der Waals surface area contributed by atoms with Crippen LogP contribution in [0.4, 0.5) is 0 Å². The molecule has 1 fully saturated rings. The third-order valence-corrected chi connectivity index (χ3v) is 25.5. The van der Waals surface area contributed by atoms with Gasteiger partial charge in [0.15, 0.2) is 35.3 Å². The summed E-state index contributed by atoms with van der Waals surface area (Å²) in [5, 5.41) is 7.29. The van der Waals surface area contributed by atoms with Crippen LogP contribution in [0.3, 0.4) is 0 Å². The number of carbonyl (C=O) groups excluding carboxylic acids is 4. The molecule has 0 bridgehead atoms. The molecule has 15 rings (SSSR count). The van der Waals surface area contributed by atoms with Gasteiger partial charge in [0, 0.05) is 137 Å².